The van der Waals surface area contributed by atoms with Crippen molar-refractivity contribution in [2.24, 2.45) is 17.6 Å². The summed E-state index contributed by atoms with van der Waals surface area (Å²) in [6.07, 6.45) is 8.98. The monoisotopic (exact) mass is 571 g/mol. The van der Waals surface area contributed by atoms with Crippen molar-refractivity contribution in [2.45, 2.75) is 57.2 Å². The van der Waals surface area contributed by atoms with Gasteiger partial charge in [0.2, 0.25) is 5.91 Å². The van der Waals surface area contributed by atoms with Crippen LogP contribution in [-0.2, 0) is 17.8 Å². The molecule has 8 heteroatoms. The largest absolute Gasteiger partial charge is 0.354 e. The van der Waals surface area contributed by atoms with Crippen LogP contribution in [0.4, 0.5) is 4.39 Å². The number of aromatic nitrogens is 1. The molecule has 3 aromatic rings. The number of hydrogen-bond donors (Lipinski definition) is 2. The van der Waals surface area contributed by atoms with E-state index in [0.29, 0.717) is 50.0 Å². The number of nitrogens with zero attached hydrogens (tertiary/aromatic N) is 3. The lowest BCUT2D eigenvalue weighted by Gasteiger charge is -2.29. The first-order chi connectivity index (χ1) is 20.5. The molecule has 2 aliphatic rings. The molecule has 1 saturated carbocycles. The van der Waals surface area contributed by atoms with Gasteiger partial charge >= 0.3 is 0 Å². The van der Waals surface area contributed by atoms with Crippen molar-refractivity contribution in [1.29, 1.82) is 0 Å². The maximum absolute atomic E-state index is 13.7. The quantitative estimate of drug-likeness (QED) is 0.355. The van der Waals surface area contributed by atoms with Crippen molar-refractivity contribution in [3.05, 3.63) is 102 Å². The highest BCUT2D eigenvalue weighted by Gasteiger charge is 2.42. The molecule has 2 heterocycles. The molecule has 7 nitrogen and oxygen atoms in total. The van der Waals surface area contributed by atoms with Gasteiger partial charge in [-0.1, -0.05) is 48.9 Å². The van der Waals surface area contributed by atoms with Crippen molar-refractivity contribution < 1.29 is 14.0 Å². The summed E-state index contributed by atoms with van der Waals surface area (Å²) in [5, 5.41) is 3.20. The first-order valence-electron chi connectivity index (χ1n) is 15.2. The average Bonchev–Trinajstić information content (AvgIpc) is 3.49. The molecule has 1 saturated heterocycles. The maximum atomic E-state index is 13.7. The van der Waals surface area contributed by atoms with E-state index in [0.717, 1.165) is 44.2 Å². The van der Waals surface area contributed by atoms with Crippen molar-refractivity contribution in [2.75, 3.05) is 26.2 Å². The van der Waals surface area contributed by atoms with Crippen molar-refractivity contribution >= 4 is 11.8 Å². The molecule has 42 heavy (non-hydrogen) atoms. The van der Waals surface area contributed by atoms with Crippen LogP contribution in [0.1, 0.15) is 53.6 Å². The molecular formula is C34H42FN5O2. The number of halogens is 1. The zero-order chi connectivity index (χ0) is 29.3. The molecule has 222 valence electrons. The molecule has 2 aromatic carbocycles. The Kier molecular flexibility index (Phi) is 10.3. The van der Waals surface area contributed by atoms with Crippen LogP contribution in [-0.4, -0.2) is 64.9 Å². The SMILES string of the molecule is NCC1CCCC(CNC(=O)C2CC(N(CCc3ccccc3)Cc3ccc(F)cc3)CN2C(=O)c2cccnc2)C1. The number of likely N-dealkylation sites (tertiary alicyclic amines) is 1. The fourth-order valence-electron chi connectivity index (χ4n) is 6.50. The first-order valence-corrected chi connectivity index (χ1v) is 15.2. The third-order valence-corrected chi connectivity index (χ3v) is 8.89. The van der Waals surface area contributed by atoms with Crippen LogP contribution in [0.5, 0.6) is 0 Å². The van der Waals surface area contributed by atoms with Gasteiger partial charge in [0.1, 0.15) is 11.9 Å². The van der Waals surface area contributed by atoms with Crippen LogP contribution in [0, 0.1) is 17.7 Å². The lowest BCUT2D eigenvalue weighted by atomic mass is 9.81. The molecule has 3 N–H and O–H groups in total. The van der Waals surface area contributed by atoms with E-state index < -0.39 is 6.04 Å². The van der Waals surface area contributed by atoms with Crippen LogP contribution >= 0.6 is 0 Å². The summed E-state index contributed by atoms with van der Waals surface area (Å²) in [6.45, 7) is 3.08. The van der Waals surface area contributed by atoms with Gasteiger partial charge in [-0.25, -0.2) is 4.39 Å². The molecule has 4 unspecified atom stereocenters. The van der Waals surface area contributed by atoms with E-state index in [1.54, 1.807) is 41.6 Å². The summed E-state index contributed by atoms with van der Waals surface area (Å²) in [5.74, 6) is 0.378. The Morgan fingerprint density at radius 3 is 2.50 bits per heavy atom. The fraction of sp³-hybridized carbons (Fsp3) is 0.441. The second kappa shape index (κ2) is 14.5. The second-order valence-electron chi connectivity index (χ2n) is 11.8. The van der Waals surface area contributed by atoms with Crippen LogP contribution in [0.2, 0.25) is 0 Å². The molecule has 0 bridgehead atoms. The molecule has 2 fully saturated rings. The van der Waals surface area contributed by atoms with Gasteiger partial charge in [0.15, 0.2) is 0 Å². The van der Waals surface area contributed by atoms with E-state index in [1.165, 1.54) is 17.7 Å². The highest BCUT2D eigenvalue weighted by Crippen LogP contribution is 2.29. The second-order valence-corrected chi connectivity index (χ2v) is 11.8. The predicted molar refractivity (Wildman–Crippen MR) is 162 cm³/mol. The van der Waals surface area contributed by atoms with Gasteiger partial charge < -0.3 is 16.0 Å². The van der Waals surface area contributed by atoms with Crippen LogP contribution in [0.25, 0.3) is 0 Å². The van der Waals surface area contributed by atoms with Gasteiger partial charge in [-0.15, -0.1) is 0 Å². The van der Waals surface area contributed by atoms with Gasteiger partial charge in [-0.2, -0.15) is 0 Å². The summed E-state index contributed by atoms with van der Waals surface area (Å²) in [4.78, 5) is 35.6. The van der Waals surface area contributed by atoms with E-state index in [1.807, 2.05) is 18.2 Å². The van der Waals surface area contributed by atoms with E-state index in [9.17, 15) is 14.0 Å². The number of carbonyl (C=O) groups is 2. The highest BCUT2D eigenvalue weighted by molar-refractivity contribution is 5.97. The van der Waals surface area contributed by atoms with E-state index in [4.69, 9.17) is 5.73 Å². The number of nitrogens with one attached hydrogen (secondary N) is 1. The summed E-state index contributed by atoms with van der Waals surface area (Å²) < 4.78 is 13.7. The van der Waals surface area contributed by atoms with E-state index in [2.05, 4.69) is 27.3 Å². The normalized spacial score (nSPS) is 22.3. The van der Waals surface area contributed by atoms with Gasteiger partial charge in [-0.3, -0.25) is 19.5 Å². The highest BCUT2D eigenvalue weighted by atomic mass is 19.1. The van der Waals surface area contributed by atoms with Crippen LogP contribution in [0.15, 0.2) is 79.1 Å². The molecular weight excluding hydrogens is 529 g/mol. The smallest absolute Gasteiger partial charge is 0.256 e. The van der Waals surface area contributed by atoms with E-state index >= 15 is 0 Å². The third-order valence-electron chi connectivity index (χ3n) is 8.89. The van der Waals surface area contributed by atoms with Crippen molar-refractivity contribution in [3.8, 4) is 0 Å². The Labute approximate surface area is 248 Å². The number of nitrogens with two attached hydrogens (primary N) is 1. The zero-order valence-corrected chi connectivity index (χ0v) is 24.2. The van der Waals surface area contributed by atoms with Gasteiger partial charge in [0.25, 0.3) is 5.91 Å². The Hall–Kier alpha value is -3.62. The Morgan fingerprint density at radius 1 is 0.976 bits per heavy atom. The molecule has 5 rings (SSSR count). The lowest BCUT2D eigenvalue weighted by Crippen LogP contribution is -2.47. The Balaban J connectivity index is 1.34. The summed E-state index contributed by atoms with van der Waals surface area (Å²) in [7, 11) is 0. The number of benzene rings is 2. The molecule has 1 aromatic heterocycles. The molecule has 4 atom stereocenters. The number of pyridine rings is 1. The molecule has 2 amide bonds. The predicted octanol–water partition coefficient (Wildman–Crippen LogP) is 4.43. The van der Waals surface area contributed by atoms with Crippen molar-refractivity contribution in [3.63, 3.8) is 0 Å². The van der Waals surface area contributed by atoms with E-state index in [-0.39, 0.29) is 23.7 Å². The van der Waals surface area contributed by atoms with Gasteiger partial charge in [-0.05, 0) is 85.9 Å². The van der Waals surface area contributed by atoms with Crippen molar-refractivity contribution in [1.82, 2.24) is 20.1 Å². The minimum absolute atomic E-state index is 0.0357. The number of rotatable bonds is 11. The molecule has 1 aliphatic carbocycles. The molecule has 1 aliphatic heterocycles. The Morgan fingerprint density at radius 2 is 1.76 bits per heavy atom. The minimum atomic E-state index is -0.580. The molecule has 0 spiro atoms. The topological polar surface area (TPSA) is 91.6 Å². The summed E-state index contributed by atoms with van der Waals surface area (Å²) >= 11 is 0. The Bertz CT molecular complexity index is 1290. The summed E-state index contributed by atoms with van der Waals surface area (Å²) in [5.41, 5.74) is 8.63. The van der Waals surface area contributed by atoms with Gasteiger partial charge in [0, 0.05) is 44.6 Å². The summed E-state index contributed by atoms with van der Waals surface area (Å²) in [6, 6.07) is 19.7. The third kappa shape index (κ3) is 7.81. The van der Waals surface area contributed by atoms with Crippen LogP contribution < -0.4 is 11.1 Å². The standard InChI is InChI=1S/C34H42FN5O2/c35-30-13-11-26(12-14-30)23-39(17-15-25-6-2-1-3-7-25)31-19-32(40(24-31)34(42)29-10-5-16-37-22-29)33(41)38-21-28-9-4-8-27(18-28)20-36/h1-3,5-7,10-14,16,22,27-28,31-32H,4,8-9,15,17-21,23-24,36H2,(H,38,41). The fourth-order valence-corrected chi connectivity index (χ4v) is 6.50. The lowest BCUT2D eigenvalue weighted by molar-refractivity contribution is -0.125. The minimum Gasteiger partial charge on any atom is -0.354 e. The molecule has 0 radical (unpaired) electrons. The van der Waals surface area contributed by atoms with Crippen LogP contribution in [0.3, 0.4) is 0 Å². The maximum Gasteiger partial charge on any atom is 0.256 e. The van der Waals surface area contributed by atoms with Gasteiger partial charge in [0.05, 0.1) is 5.56 Å². The zero-order valence-electron chi connectivity index (χ0n) is 24.2. The first kappa shape index (κ1) is 29.9. The average molecular weight is 572 g/mol. The number of amides is 2. The number of carbonyl (C=O) groups excluding carboxylic acids is 2. The number of hydrogen-bond acceptors (Lipinski definition) is 5.